The number of fused-ring (bicyclic) bond motifs is 5. The molecule has 0 saturated carbocycles. The number of amides is 3. The van der Waals surface area contributed by atoms with E-state index in [1.165, 1.54) is 31.1 Å². The Morgan fingerprint density at radius 3 is 2.60 bits per heavy atom. The molecule has 0 radical (unpaired) electrons. The summed E-state index contributed by atoms with van der Waals surface area (Å²) in [7, 11) is 6.03. The molecular formula is C36H50ClN3O10. The highest BCUT2D eigenvalue weighted by atomic mass is 35.5. The van der Waals surface area contributed by atoms with E-state index in [2.05, 4.69) is 5.32 Å². The lowest BCUT2D eigenvalue weighted by atomic mass is 9.83. The van der Waals surface area contributed by atoms with Crippen molar-refractivity contribution in [2.75, 3.05) is 33.2 Å². The van der Waals surface area contributed by atoms with Crippen molar-refractivity contribution in [2.24, 2.45) is 5.92 Å². The standard InChI is InChI=1S/C36H50ClN3O10/c1-10-12-29(41)39(6)22(4)33(43)49-28-18-30(42)40(7)24-16-23(17-25(46-8)31(24)37)15-20(2)13-11-14-27(47-9)36(45)19-26(48-34(44)38-36)21(3)32-35(28,5)50-32/h11,13-14,16-17,21-22,26-28,32,45H,10,12,15,18-19H2,1-9H3,(H,38,44)/b14-11?,20-13+. The zero-order valence-corrected chi connectivity index (χ0v) is 31.0. The molecule has 4 bridgehead atoms. The number of carbonyl (C=O) groups is 4. The van der Waals surface area contributed by atoms with Gasteiger partial charge in [0.15, 0.2) is 5.72 Å². The molecule has 8 atom stereocenters. The van der Waals surface area contributed by atoms with Crippen LogP contribution in [0.3, 0.4) is 0 Å². The van der Waals surface area contributed by atoms with E-state index in [1.54, 1.807) is 52.1 Å². The maximum Gasteiger partial charge on any atom is 0.409 e. The van der Waals surface area contributed by atoms with Crippen LogP contribution in [0.2, 0.25) is 5.02 Å². The number of benzene rings is 1. The van der Waals surface area contributed by atoms with Gasteiger partial charge in [0.2, 0.25) is 11.8 Å². The van der Waals surface area contributed by atoms with Crippen LogP contribution < -0.4 is 15.0 Å². The van der Waals surface area contributed by atoms with Crippen molar-refractivity contribution < 1.29 is 48.0 Å². The highest BCUT2D eigenvalue weighted by molar-refractivity contribution is 6.35. The molecule has 2 fully saturated rings. The summed E-state index contributed by atoms with van der Waals surface area (Å²) in [4.78, 5) is 55.7. The van der Waals surface area contributed by atoms with Crippen molar-refractivity contribution in [3.63, 3.8) is 0 Å². The van der Waals surface area contributed by atoms with Gasteiger partial charge in [0, 0.05) is 40.0 Å². The van der Waals surface area contributed by atoms with Gasteiger partial charge < -0.3 is 38.6 Å². The molecule has 0 spiro atoms. The Hall–Kier alpha value is -3.65. The van der Waals surface area contributed by atoms with Crippen LogP contribution in [-0.2, 0) is 39.8 Å². The summed E-state index contributed by atoms with van der Waals surface area (Å²) < 4.78 is 29.1. The van der Waals surface area contributed by atoms with Crippen LogP contribution in [0.4, 0.5) is 10.5 Å². The number of hydrogen-bond acceptors (Lipinski definition) is 10. The van der Waals surface area contributed by atoms with E-state index >= 15 is 0 Å². The number of anilines is 1. The number of esters is 1. The molecule has 0 aliphatic carbocycles. The average molecular weight is 720 g/mol. The smallest absolute Gasteiger partial charge is 0.409 e. The fraction of sp³-hybridized carbons (Fsp3) is 0.611. The maximum atomic E-state index is 14.0. The molecule has 4 rings (SSSR count). The molecule has 3 amide bonds. The predicted molar refractivity (Wildman–Crippen MR) is 186 cm³/mol. The topological polar surface area (TPSA) is 156 Å². The monoisotopic (exact) mass is 719 g/mol. The van der Waals surface area contributed by atoms with Gasteiger partial charge in [-0.3, -0.25) is 14.9 Å². The van der Waals surface area contributed by atoms with Gasteiger partial charge in [-0.25, -0.2) is 9.59 Å². The Morgan fingerprint density at radius 2 is 1.96 bits per heavy atom. The minimum absolute atomic E-state index is 0.0426. The first kappa shape index (κ1) is 39.1. The minimum atomic E-state index is -1.82. The molecule has 1 aromatic carbocycles. The maximum absolute atomic E-state index is 14.0. The van der Waals surface area contributed by atoms with Crippen LogP contribution >= 0.6 is 11.6 Å². The summed E-state index contributed by atoms with van der Waals surface area (Å²) >= 11 is 6.74. The summed E-state index contributed by atoms with van der Waals surface area (Å²) in [6, 6.07) is 2.65. The molecule has 14 heteroatoms. The van der Waals surface area contributed by atoms with E-state index in [0.29, 0.717) is 24.3 Å². The second-order valence-electron chi connectivity index (χ2n) is 13.7. The van der Waals surface area contributed by atoms with Gasteiger partial charge in [-0.1, -0.05) is 49.2 Å². The van der Waals surface area contributed by atoms with Gasteiger partial charge in [0.1, 0.15) is 40.7 Å². The van der Waals surface area contributed by atoms with Gasteiger partial charge in [-0.05, 0) is 51.3 Å². The molecule has 3 aliphatic rings. The number of halogens is 1. The number of epoxide rings is 1. The minimum Gasteiger partial charge on any atom is -0.495 e. The molecule has 13 nitrogen and oxygen atoms in total. The van der Waals surface area contributed by atoms with E-state index in [9.17, 15) is 24.3 Å². The molecule has 276 valence electrons. The van der Waals surface area contributed by atoms with Crippen LogP contribution in [-0.4, -0.2) is 104 Å². The fourth-order valence-electron chi connectivity index (χ4n) is 6.61. The molecule has 3 aliphatic heterocycles. The van der Waals surface area contributed by atoms with E-state index < -0.39 is 65.7 Å². The Balaban J connectivity index is 1.78. The zero-order chi connectivity index (χ0) is 37.1. The third-order valence-electron chi connectivity index (χ3n) is 9.99. The number of hydrogen-bond donors (Lipinski definition) is 2. The summed E-state index contributed by atoms with van der Waals surface area (Å²) in [5, 5.41) is 14.4. The molecule has 2 N–H and O–H groups in total. The van der Waals surface area contributed by atoms with Crippen molar-refractivity contribution in [3.05, 3.63) is 46.5 Å². The van der Waals surface area contributed by atoms with E-state index in [0.717, 1.165) is 11.1 Å². The molecule has 0 aromatic heterocycles. The quantitative estimate of drug-likeness (QED) is 0.308. The predicted octanol–water partition coefficient (Wildman–Crippen LogP) is 4.31. The number of aliphatic hydroxyl groups is 1. The number of nitrogens with zero attached hydrogens (tertiary/aromatic N) is 2. The number of nitrogens with one attached hydrogen (secondary N) is 1. The van der Waals surface area contributed by atoms with E-state index in [-0.39, 0.29) is 30.2 Å². The molecule has 2 saturated heterocycles. The Bertz CT molecular complexity index is 1530. The lowest BCUT2D eigenvalue weighted by Gasteiger charge is -2.42. The van der Waals surface area contributed by atoms with Gasteiger partial charge in [0.25, 0.3) is 0 Å². The van der Waals surface area contributed by atoms with E-state index in [1.807, 2.05) is 19.9 Å². The molecule has 8 unspecified atom stereocenters. The third-order valence-corrected chi connectivity index (χ3v) is 10.4. The van der Waals surface area contributed by atoms with Gasteiger partial charge in [0.05, 0.1) is 25.3 Å². The van der Waals surface area contributed by atoms with Crippen LogP contribution in [0.1, 0.15) is 65.9 Å². The van der Waals surface area contributed by atoms with Crippen molar-refractivity contribution in [3.8, 4) is 5.75 Å². The summed E-state index contributed by atoms with van der Waals surface area (Å²) in [5.41, 5.74) is -0.868. The van der Waals surface area contributed by atoms with Crippen molar-refractivity contribution in [1.82, 2.24) is 10.2 Å². The Kier molecular flexibility index (Phi) is 12.3. The van der Waals surface area contributed by atoms with Crippen molar-refractivity contribution >= 4 is 41.2 Å². The SMILES string of the molecule is CCCC(=O)N(C)C(C)C(=O)OC1CC(=O)N(C)c2cc(cc(OC)c2Cl)C/C(C)=C/C=CC(OC)C2(O)CC(OC(=O)N2)C(C)C2OC12C. The van der Waals surface area contributed by atoms with Crippen LogP contribution in [0.25, 0.3) is 0 Å². The largest absolute Gasteiger partial charge is 0.495 e. The third kappa shape index (κ3) is 8.28. The first-order valence-electron chi connectivity index (χ1n) is 16.8. The Labute approximate surface area is 298 Å². The number of ether oxygens (including phenoxy) is 5. The first-order valence-corrected chi connectivity index (χ1v) is 17.2. The second kappa shape index (κ2) is 15.7. The van der Waals surface area contributed by atoms with Crippen LogP contribution in [0.15, 0.2) is 35.9 Å². The average Bonchev–Trinajstić information content (AvgIpc) is 3.76. The summed E-state index contributed by atoms with van der Waals surface area (Å²) in [6.45, 7) is 8.88. The number of alkyl carbamates (subject to hydrolysis) is 1. The molecule has 50 heavy (non-hydrogen) atoms. The number of allylic oxidation sites excluding steroid dienone is 3. The second-order valence-corrected chi connectivity index (χ2v) is 14.0. The summed E-state index contributed by atoms with van der Waals surface area (Å²) in [5.74, 6) is -1.49. The van der Waals surface area contributed by atoms with E-state index in [4.69, 9.17) is 35.3 Å². The lowest BCUT2D eigenvalue weighted by molar-refractivity contribution is -0.162. The molecular weight excluding hydrogens is 670 g/mol. The fourth-order valence-corrected chi connectivity index (χ4v) is 6.92. The van der Waals surface area contributed by atoms with Crippen molar-refractivity contribution in [2.45, 2.75) is 109 Å². The summed E-state index contributed by atoms with van der Waals surface area (Å²) in [6.07, 6.45) is 1.91. The number of carbonyl (C=O) groups excluding carboxylic acids is 4. The zero-order valence-electron chi connectivity index (χ0n) is 30.3. The van der Waals surface area contributed by atoms with Crippen LogP contribution in [0, 0.1) is 5.92 Å². The number of rotatable bonds is 7. The van der Waals surface area contributed by atoms with Gasteiger partial charge in [-0.2, -0.15) is 0 Å². The highest BCUT2D eigenvalue weighted by Crippen LogP contribution is 2.49. The van der Waals surface area contributed by atoms with Gasteiger partial charge >= 0.3 is 12.1 Å². The van der Waals surface area contributed by atoms with Crippen molar-refractivity contribution in [1.29, 1.82) is 0 Å². The molecule has 1 aromatic rings. The Morgan fingerprint density at radius 1 is 1.26 bits per heavy atom. The first-order chi connectivity index (χ1) is 23.5. The van der Waals surface area contributed by atoms with Gasteiger partial charge in [-0.15, -0.1) is 0 Å². The number of likely N-dealkylation sites (N-methyl/N-ethyl adjacent to an activating group) is 1. The normalized spacial score (nSPS) is 31.7. The number of methoxy groups -OCH3 is 2. The molecule has 3 heterocycles. The van der Waals surface area contributed by atoms with Crippen LogP contribution in [0.5, 0.6) is 5.75 Å². The highest BCUT2D eigenvalue weighted by Gasteiger charge is 2.64. The lowest BCUT2D eigenvalue weighted by Crippen LogP contribution is -2.63.